The van der Waals surface area contributed by atoms with E-state index in [1.54, 1.807) is 0 Å². The van der Waals surface area contributed by atoms with Crippen LogP contribution in [-0.4, -0.2) is 18.5 Å². The van der Waals surface area contributed by atoms with Crippen LogP contribution in [0.5, 0.6) is 0 Å². The lowest BCUT2D eigenvalue weighted by Gasteiger charge is -2.42. The second kappa shape index (κ2) is 2.95. The predicted octanol–water partition coefficient (Wildman–Crippen LogP) is 2.17. The first-order valence-corrected chi connectivity index (χ1v) is 4.79. The van der Waals surface area contributed by atoms with Gasteiger partial charge in [0, 0.05) is 18.9 Å². The summed E-state index contributed by atoms with van der Waals surface area (Å²) in [7, 11) is 0. The van der Waals surface area contributed by atoms with Gasteiger partial charge in [-0.25, -0.2) is 8.78 Å². The average Bonchev–Trinajstić information content (AvgIpc) is 2.02. The van der Waals surface area contributed by atoms with Gasteiger partial charge < -0.3 is 5.32 Å². The monoisotopic (exact) mass is 175 g/mol. The van der Waals surface area contributed by atoms with Crippen LogP contribution in [0.4, 0.5) is 8.78 Å². The lowest BCUT2D eigenvalue weighted by atomic mass is 9.74. The zero-order valence-corrected chi connectivity index (χ0v) is 7.15. The topological polar surface area (TPSA) is 12.0 Å². The summed E-state index contributed by atoms with van der Waals surface area (Å²) in [6.45, 7) is 1.02. The molecule has 2 aliphatic rings. The summed E-state index contributed by atoms with van der Waals surface area (Å²) < 4.78 is 25.0. The molecule has 0 spiro atoms. The van der Waals surface area contributed by atoms with Crippen LogP contribution < -0.4 is 5.32 Å². The molecule has 12 heavy (non-hydrogen) atoms. The average molecular weight is 175 g/mol. The maximum atomic E-state index is 12.5. The molecule has 0 aromatic rings. The summed E-state index contributed by atoms with van der Waals surface area (Å²) in [6, 6.07) is 0.387. The molecule has 1 unspecified atom stereocenters. The Balaban J connectivity index is 1.79. The van der Waals surface area contributed by atoms with E-state index < -0.39 is 5.92 Å². The van der Waals surface area contributed by atoms with Crippen molar-refractivity contribution in [2.45, 2.75) is 44.1 Å². The standard InChI is InChI=1S/C9H15F2N/c10-9(11)5-7(6-9)8-3-1-2-4-12-8/h7-8,12H,1-6H2. The van der Waals surface area contributed by atoms with Gasteiger partial charge in [0.2, 0.25) is 5.92 Å². The van der Waals surface area contributed by atoms with Crippen LogP contribution in [0.25, 0.3) is 0 Å². The van der Waals surface area contributed by atoms with Crippen LogP contribution in [-0.2, 0) is 0 Å². The van der Waals surface area contributed by atoms with Crippen LogP contribution in [0.1, 0.15) is 32.1 Å². The van der Waals surface area contributed by atoms with Crippen molar-refractivity contribution in [1.82, 2.24) is 5.32 Å². The first-order chi connectivity index (χ1) is 5.67. The number of halogens is 2. The molecule has 1 aliphatic heterocycles. The van der Waals surface area contributed by atoms with Crippen molar-refractivity contribution in [3.63, 3.8) is 0 Å². The summed E-state index contributed by atoms with van der Waals surface area (Å²) in [5.74, 6) is -2.09. The lowest BCUT2D eigenvalue weighted by Crippen LogP contribution is -2.49. The van der Waals surface area contributed by atoms with Gasteiger partial charge in [0.1, 0.15) is 0 Å². The smallest absolute Gasteiger partial charge is 0.248 e. The van der Waals surface area contributed by atoms with E-state index in [1.807, 2.05) is 0 Å². The Morgan fingerprint density at radius 1 is 1.17 bits per heavy atom. The van der Waals surface area contributed by atoms with E-state index in [0.717, 1.165) is 13.0 Å². The molecule has 1 atom stereocenters. The van der Waals surface area contributed by atoms with Crippen molar-refractivity contribution in [1.29, 1.82) is 0 Å². The van der Waals surface area contributed by atoms with Crippen molar-refractivity contribution in [3.05, 3.63) is 0 Å². The quantitative estimate of drug-likeness (QED) is 0.644. The van der Waals surface area contributed by atoms with E-state index in [0.29, 0.717) is 6.04 Å². The molecule has 2 rings (SSSR count). The van der Waals surface area contributed by atoms with Gasteiger partial charge in [0.05, 0.1) is 0 Å². The fourth-order valence-electron chi connectivity index (χ4n) is 2.27. The number of nitrogens with one attached hydrogen (secondary N) is 1. The molecule has 0 aromatic heterocycles. The molecule has 3 heteroatoms. The van der Waals surface area contributed by atoms with E-state index in [9.17, 15) is 8.78 Å². The molecule has 1 saturated carbocycles. The van der Waals surface area contributed by atoms with Gasteiger partial charge in [0.25, 0.3) is 0 Å². The minimum Gasteiger partial charge on any atom is -0.314 e. The SMILES string of the molecule is FC1(F)CC(C2CCCCN2)C1. The zero-order valence-electron chi connectivity index (χ0n) is 7.15. The van der Waals surface area contributed by atoms with Gasteiger partial charge in [0.15, 0.2) is 0 Å². The molecule has 1 saturated heterocycles. The number of alkyl halides is 2. The number of hydrogen-bond acceptors (Lipinski definition) is 1. The molecule has 0 aromatic carbocycles. The Morgan fingerprint density at radius 2 is 1.92 bits per heavy atom. The van der Waals surface area contributed by atoms with Gasteiger partial charge in [-0.05, 0) is 25.3 Å². The fraction of sp³-hybridized carbons (Fsp3) is 1.00. The molecule has 2 fully saturated rings. The predicted molar refractivity (Wildman–Crippen MR) is 43.3 cm³/mol. The first-order valence-electron chi connectivity index (χ1n) is 4.79. The Kier molecular flexibility index (Phi) is 2.07. The third-order valence-electron chi connectivity index (χ3n) is 3.04. The number of hydrogen-bond donors (Lipinski definition) is 1. The Hall–Kier alpha value is -0.180. The summed E-state index contributed by atoms with van der Waals surface area (Å²) in [4.78, 5) is 0. The van der Waals surface area contributed by atoms with Crippen molar-refractivity contribution >= 4 is 0 Å². The van der Waals surface area contributed by atoms with Crippen LogP contribution in [0.15, 0.2) is 0 Å². The molecule has 70 valence electrons. The molecular weight excluding hydrogens is 160 g/mol. The molecule has 0 radical (unpaired) electrons. The maximum absolute atomic E-state index is 12.5. The van der Waals surface area contributed by atoms with E-state index in [1.165, 1.54) is 12.8 Å². The van der Waals surface area contributed by atoms with E-state index in [-0.39, 0.29) is 18.8 Å². The zero-order chi connectivity index (χ0) is 8.60. The van der Waals surface area contributed by atoms with Gasteiger partial charge >= 0.3 is 0 Å². The highest BCUT2D eigenvalue weighted by Gasteiger charge is 2.48. The second-order valence-corrected chi connectivity index (χ2v) is 4.08. The van der Waals surface area contributed by atoms with E-state index in [4.69, 9.17) is 0 Å². The van der Waals surface area contributed by atoms with Crippen molar-refractivity contribution in [2.24, 2.45) is 5.92 Å². The highest BCUT2D eigenvalue weighted by atomic mass is 19.3. The molecule has 1 aliphatic carbocycles. The molecular formula is C9H15F2N. The molecule has 0 bridgehead atoms. The number of rotatable bonds is 1. The Labute approximate surface area is 71.5 Å². The maximum Gasteiger partial charge on any atom is 0.248 e. The summed E-state index contributed by atoms with van der Waals surface area (Å²) in [6.07, 6.45) is 3.75. The van der Waals surface area contributed by atoms with Gasteiger partial charge in [-0.2, -0.15) is 0 Å². The summed E-state index contributed by atoms with van der Waals surface area (Å²) in [5, 5.41) is 3.33. The lowest BCUT2D eigenvalue weighted by molar-refractivity contribution is -0.121. The minimum atomic E-state index is -2.34. The molecule has 1 heterocycles. The molecule has 1 N–H and O–H groups in total. The highest BCUT2D eigenvalue weighted by molar-refractivity contribution is 4.94. The molecule has 1 nitrogen and oxygen atoms in total. The highest BCUT2D eigenvalue weighted by Crippen LogP contribution is 2.45. The largest absolute Gasteiger partial charge is 0.314 e. The van der Waals surface area contributed by atoms with Crippen LogP contribution in [0, 0.1) is 5.92 Å². The third kappa shape index (κ3) is 1.60. The van der Waals surface area contributed by atoms with Gasteiger partial charge in [-0.15, -0.1) is 0 Å². The Bertz CT molecular complexity index is 156. The van der Waals surface area contributed by atoms with Crippen LogP contribution >= 0.6 is 0 Å². The van der Waals surface area contributed by atoms with Crippen LogP contribution in [0.2, 0.25) is 0 Å². The van der Waals surface area contributed by atoms with Crippen molar-refractivity contribution < 1.29 is 8.78 Å². The Morgan fingerprint density at radius 3 is 2.42 bits per heavy atom. The fourth-order valence-corrected chi connectivity index (χ4v) is 2.27. The molecule has 0 amide bonds. The summed E-state index contributed by atoms with van der Waals surface area (Å²) >= 11 is 0. The van der Waals surface area contributed by atoms with Gasteiger partial charge in [-0.3, -0.25) is 0 Å². The normalized spacial score (nSPS) is 36.0. The van der Waals surface area contributed by atoms with Crippen molar-refractivity contribution in [2.75, 3.05) is 6.54 Å². The second-order valence-electron chi connectivity index (χ2n) is 4.08. The van der Waals surface area contributed by atoms with E-state index in [2.05, 4.69) is 5.32 Å². The van der Waals surface area contributed by atoms with Crippen molar-refractivity contribution in [3.8, 4) is 0 Å². The minimum absolute atomic E-state index is 0.116. The first kappa shape index (κ1) is 8.42. The van der Waals surface area contributed by atoms with E-state index >= 15 is 0 Å². The summed E-state index contributed by atoms with van der Waals surface area (Å²) in [5.41, 5.74) is 0. The number of piperidine rings is 1. The van der Waals surface area contributed by atoms with Crippen LogP contribution in [0.3, 0.4) is 0 Å². The van der Waals surface area contributed by atoms with Gasteiger partial charge in [-0.1, -0.05) is 6.42 Å². The third-order valence-corrected chi connectivity index (χ3v) is 3.04.